The van der Waals surface area contributed by atoms with E-state index < -0.39 is 5.41 Å². The molecule has 56 heavy (non-hydrogen) atoms. The molecule has 7 aromatic carbocycles. The summed E-state index contributed by atoms with van der Waals surface area (Å²) in [5.74, 6) is 3.40. The van der Waals surface area contributed by atoms with Crippen LogP contribution in [-0.2, 0) is 16.2 Å². The van der Waals surface area contributed by atoms with Crippen LogP contribution in [-0.4, -0.2) is 15.0 Å². The molecule has 1 aliphatic heterocycles. The van der Waals surface area contributed by atoms with Gasteiger partial charge in [0.2, 0.25) is 0 Å². The van der Waals surface area contributed by atoms with Crippen molar-refractivity contribution in [1.82, 2.24) is 15.0 Å². The van der Waals surface area contributed by atoms with E-state index in [1.54, 1.807) is 0 Å². The summed E-state index contributed by atoms with van der Waals surface area (Å²) in [5.41, 5.74) is 14.2. The number of ether oxygens (including phenoxy) is 1. The molecule has 0 unspecified atom stereocenters. The quantitative estimate of drug-likeness (QED) is 0.182. The van der Waals surface area contributed by atoms with Crippen LogP contribution in [0.4, 0.5) is 0 Å². The summed E-state index contributed by atoms with van der Waals surface area (Å²) >= 11 is 0. The molecule has 11 rings (SSSR count). The first-order valence-electron chi connectivity index (χ1n) is 19.5. The first-order chi connectivity index (χ1) is 27.3. The minimum Gasteiger partial charge on any atom is -0.456 e. The van der Waals surface area contributed by atoms with Crippen LogP contribution in [0, 0.1) is 0 Å². The van der Waals surface area contributed by atoms with Gasteiger partial charge in [0.15, 0.2) is 17.5 Å². The zero-order valence-electron chi connectivity index (χ0n) is 31.8. The molecule has 4 heteroatoms. The summed E-state index contributed by atoms with van der Waals surface area (Å²) in [6.45, 7) is 9.30. The molecule has 0 fully saturated rings. The maximum atomic E-state index is 7.09. The first kappa shape index (κ1) is 32.8. The molecule has 1 spiro atoms. The highest BCUT2D eigenvalue weighted by molar-refractivity contribution is 5.84. The Morgan fingerprint density at radius 2 is 0.857 bits per heavy atom. The van der Waals surface area contributed by atoms with Gasteiger partial charge in [0.05, 0.1) is 11.0 Å². The van der Waals surface area contributed by atoms with E-state index in [9.17, 15) is 0 Å². The van der Waals surface area contributed by atoms with Crippen molar-refractivity contribution in [3.63, 3.8) is 0 Å². The second kappa shape index (κ2) is 11.7. The van der Waals surface area contributed by atoms with Gasteiger partial charge in [-0.25, -0.2) is 15.0 Å². The molecular weight excluding hydrogens is 683 g/mol. The molecule has 8 aromatic rings. The third kappa shape index (κ3) is 4.38. The molecular formula is C52H39N3O. The first-order valence-corrected chi connectivity index (χ1v) is 19.5. The summed E-state index contributed by atoms with van der Waals surface area (Å²) in [7, 11) is 0. The largest absolute Gasteiger partial charge is 0.456 e. The topological polar surface area (TPSA) is 47.9 Å². The Balaban J connectivity index is 1.18. The lowest BCUT2D eigenvalue weighted by molar-refractivity contribution is 0.426. The molecule has 0 bridgehead atoms. The van der Waals surface area contributed by atoms with E-state index in [-0.39, 0.29) is 10.8 Å². The minimum absolute atomic E-state index is 0.157. The van der Waals surface area contributed by atoms with Crippen LogP contribution in [0.2, 0.25) is 0 Å². The molecule has 2 heterocycles. The fourth-order valence-corrected chi connectivity index (χ4v) is 10.0. The number of hydrogen-bond donors (Lipinski definition) is 0. The highest BCUT2D eigenvalue weighted by Gasteiger charge is 2.53. The molecule has 0 N–H and O–H groups in total. The molecule has 3 aliphatic rings. The second-order valence-electron chi connectivity index (χ2n) is 16.3. The minimum atomic E-state index is -0.637. The van der Waals surface area contributed by atoms with Crippen molar-refractivity contribution in [1.29, 1.82) is 0 Å². The molecule has 0 atom stereocenters. The van der Waals surface area contributed by atoms with Gasteiger partial charge in [-0.05, 0) is 62.7 Å². The third-order valence-corrected chi connectivity index (χ3v) is 12.7. The fourth-order valence-electron chi connectivity index (χ4n) is 10.0. The number of benzene rings is 7. The molecule has 0 amide bonds. The van der Waals surface area contributed by atoms with Crippen molar-refractivity contribution < 1.29 is 4.74 Å². The Bertz CT molecular complexity index is 2860. The molecule has 0 saturated carbocycles. The van der Waals surface area contributed by atoms with Crippen molar-refractivity contribution in [2.24, 2.45) is 0 Å². The monoisotopic (exact) mass is 721 g/mol. The molecule has 0 saturated heterocycles. The normalized spacial score (nSPS) is 15.7. The van der Waals surface area contributed by atoms with Gasteiger partial charge in [0.25, 0.3) is 0 Å². The zero-order valence-corrected chi connectivity index (χ0v) is 31.8. The van der Waals surface area contributed by atoms with Gasteiger partial charge in [0.1, 0.15) is 11.5 Å². The van der Waals surface area contributed by atoms with E-state index in [1.165, 1.54) is 44.5 Å². The van der Waals surface area contributed by atoms with Crippen LogP contribution in [0.3, 0.4) is 0 Å². The van der Waals surface area contributed by atoms with Gasteiger partial charge in [-0.15, -0.1) is 0 Å². The molecule has 4 nitrogen and oxygen atoms in total. The van der Waals surface area contributed by atoms with E-state index in [4.69, 9.17) is 19.7 Å². The smallest absolute Gasteiger partial charge is 0.167 e. The summed E-state index contributed by atoms with van der Waals surface area (Å²) in [4.78, 5) is 15.7. The predicted octanol–water partition coefficient (Wildman–Crippen LogP) is 12.3. The van der Waals surface area contributed by atoms with Gasteiger partial charge in [-0.2, -0.15) is 0 Å². The number of nitrogens with zero attached hydrogens (tertiary/aromatic N) is 3. The van der Waals surface area contributed by atoms with Crippen LogP contribution in [0.5, 0.6) is 11.5 Å². The summed E-state index contributed by atoms with van der Waals surface area (Å²) in [5, 5.41) is 0. The van der Waals surface area contributed by atoms with Gasteiger partial charge < -0.3 is 4.74 Å². The van der Waals surface area contributed by atoms with E-state index in [0.717, 1.165) is 39.3 Å². The fraction of sp³-hybridized carbons (Fsp3) is 0.135. The average molecular weight is 722 g/mol. The lowest BCUT2D eigenvalue weighted by atomic mass is 9.53. The van der Waals surface area contributed by atoms with Crippen LogP contribution in [0.15, 0.2) is 164 Å². The number of rotatable bonds is 3. The molecule has 0 radical (unpaired) electrons. The third-order valence-electron chi connectivity index (χ3n) is 12.7. The van der Waals surface area contributed by atoms with Crippen molar-refractivity contribution in [3.05, 3.63) is 208 Å². The Morgan fingerprint density at radius 1 is 0.357 bits per heavy atom. The lowest BCUT2D eigenvalue weighted by Gasteiger charge is -2.50. The Kier molecular flexibility index (Phi) is 6.83. The standard InChI is InChI=1S/C52H39N3O/c1-50(2)37-21-9-8-19-34(37)35-30-29-33(31-44(35)50)48-53-47(32-17-6-5-7-18-32)54-49(55-48)36-20-16-27-43-46(36)56-45-28-15-14-26-42(45)52(43)40-24-12-10-22-38(40)51(3,4)39-23-11-13-25-41(39)52/h5-31H,1-4H3. The Labute approximate surface area is 327 Å². The van der Waals surface area contributed by atoms with E-state index in [2.05, 4.69) is 173 Å². The van der Waals surface area contributed by atoms with Crippen LogP contribution in [0.25, 0.3) is 45.3 Å². The van der Waals surface area contributed by atoms with Crippen LogP contribution >= 0.6 is 0 Å². The zero-order chi connectivity index (χ0) is 37.8. The SMILES string of the molecule is CC1(C)c2ccccc2-c2ccc(-c3nc(-c4ccccc4)nc(-c4cccc5c4Oc4ccccc4C54c5ccccc5C(C)(C)c5ccccc54)n3)cc21. The summed E-state index contributed by atoms with van der Waals surface area (Å²) in [6, 6.07) is 58.5. The number of fused-ring (bicyclic) bond motifs is 11. The molecule has 268 valence electrons. The van der Waals surface area contributed by atoms with Crippen molar-refractivity contribution in [3.8, 4) is 56.8 Å². The molecule has 1 aromatic heterocycles. The lowest BCUT2D eigenvalue weighted by Crippen LogP contribution is -2.43. The maximum absolute atomic E-state index is 7.09. The number of para-hydroxylation sites is 2. The van der Waals surface area contributed by atoms with E-state index in [0.29, 0.717) is 17.5 Å². The van der Waals surface area contributed by atoms with Gasteiger partial charge >= 0.3 is 0 Å². The maximum Gasteiger partial charge on any atom is 0.167 e. The van der Waals surface area contributed by atoms with Crippen LogP contribution < -0.4 is 4.74 Å². The predicted molar refractivity (Wildman–Crippen MR) is 224 cm³/mol. The highest BCUT2D eigenvalue weighted by atomic mass is 16.5. The number of hydrogen-bond acceptors (Lipinski definition) is 4. The van der Waals surface area contributed by atoms with Crippen molar-refractivity contribution in [2.75, 3.05) is 0 Å². The summed E-state index contributed by atoms with van der Waals surface area (Å²) in [6.07, 6.45) is 0. The van der Waals surface area contributed by atoms with Crippen molar-refractivity contribution >= 4 is 0 Å². The number of aromatic nitrogens is 3. The Morgan fingerprint density at radius 3 is 1.57 bits per heavy atom. The van der Waals surface area contributed by atoms with E-state index >= 15 is 0 Å². The second-order valence-corrected chi connectivity index (χ2v) is 16.3. The van der Waals surface area contributed by atoms with Gasteiger partial charge in [0, 0.05) is 33.1 Å². The Hall–Kier alpha value is -6.65. The average Bonchev–Trinajstić information content (AvgIpc) is 3.47. The summed E-state index contributed by atoms with van der Waals surface area (Å²) < 4.78 is 7.09. The van der Waals surface area contributed by atoms with Crippen LogP contribution in [0.1, 0.15) is 72.2 Å². The van der Waals surface area contributed by atoms with Gasteiger partial charge in [-0.3, -0.25) is 0 Å². The highest BCUT2D eigenvalue weighted by Crippen LogP contribution is 2.62. The van der Waals surface area contributed by atoms with Crippen molar-refractivity contribution in [2.45, 2.75) is 43.9 Å². The molecule has 2 aliphatic carbocycles. The van der Waals surface area contributed by atoms with Gasteiger partial charge in [-0.1, -0.05) is 173 Å². The van der Waals surface area contributed by atoms with E-state index in [1.807, 2.05) is 18.2 Å².